The second-order valence-corrected chi connectivity index (χ2v) is 4.94. The monoisotopic (exact) mass is 236 g/mol. The van der Waals surface area contributed by atoms with Crippen LogP contribution in [-0.2, 0) is 6.42 Å². The van der Waals surface area contributed by atoms with Crippen LogP contribution in [0, 0.1) is 0 Å². The van der Waals surface area contributed by atoms with Gasteiger partial charge in [0.2, 0.25) is 0 Å². The van der Waals surface area contributed by atoms with Crippen LogP contribution in [0.1, 0.15) is 18.9 Å². The smallest absolute Gasteiger partial charge is 0.118 e. The molecule has 2 N–H and O–H groups in total. The van der Waals surface area contributed by atoms with Gasteiger partial charge in [-0.2, -0.15) is 0 Å². The minimum absolute atomic E-state index is 0.0694. The van der Waals surface area contributed by atoms with E-state index in [9.17, 15) is 0 Å². The molecule has 0 spiro atoms. The van der Waals surface area contributed by atoms with Crippen molar-refractivity contribution in [1.82, 2.24) is 4.90 Å². The Kier molecular flexibility index (Phi) is 4.97. The van der Waals surface area contributed by atoms with E-state index in [2.05, 4.69) is 38.1 Å². The highest BCUT2D eigenvalue weighted by molar-refractivity contribution is 5.27. The first-order chi connectivity index (χ1) is 8.01. The van der Waals surface area contributed by atoms with Gasteiger partial charge >= 0.3 is 0 Å². The van der Waals surface area contributed by atoms with E-state index in [0.29, 0.717) is 6.54 Å². The van der Waals surface area contributed by atoms with Gasteiger partial charge in [0.15, 0.2) is 0 Å². The van der Waals surface area contributed by atoms with Crippen molar-refractivity contribution in [3.63, 3.8) is 0 Å². The van der Waals surface area contributed by atoms with Gasteiger partial charge in [-0.1, -0.05) is 12.1 Å². The van der Waals surface area contributed by atoms with E-state index in [1.54, 1.807) is 7.11 Å². The second-order valence-electron chi connectivity index (χ2n) is 4.94. The molecule has 0 aliphatic carbocycles. The van der Waals surface area contributed by atoms with E-state index < -0.39 is 0 Å². The summed E-state index contributed by atoms with van der Waals surface area (Å²) in [5.41, 5.74) is 7.25. The number of ether oxygens (including phenoxy) is 1. The highest BCUT2D eigenvalue weighted by atomic mass is 16.5. The lowest BCUT2D eigenvalue weighted by Crippen LogP contribution is -2.47. The van der Waals surface area contributed by atoms with Crippen molar-refractivity contribution >= 4 is 0 Å². The van der Waals surface area contributed by atoms with Gasteiger partial charge in [-0.05, 0) is 51.6 Å². The Morgan fingerprint density at radius 2 is 1.82 bits per heavy atom. The van der Waals surface area contributed by atoms with Crippen molar-refractivity contribution in [3.8, 4) is 5.75 Å². The maximum atomic E-state index is 5.86. The van der Waals surface area contributed by atoms with Crippen LogP contribution in [0.25, 0.3) is 0 Å². The first-order valence-electron chi connectivity index (χ1n) is 6.02. The molecule has 0 saturated carbocycles. The Morgan fingerprint density at radius 3 is 2.24 bits per heavy atom. The first-order valence-corrected chi connectivity index (χ1v) is 6.02. The number of nitrogens with two attached hydrogens (primary N) is 1. The number of aryl methyl sites for hydroxylation is 1. The summed E-state index contributed by atoms with van der Waals surface area (Å²) < 4.78 is 5.15. The lowest BCUT2D eigenvalue weighted by Gasteiger charge is -2.35. The highest BCUT2D eigenvalue weighted by Gasteiger charge is 2.24. The van der Waals surface area contributed by atoms with Crippen molar-refractivity contribution in [2.75, 3.05) is 27.7 Å². The maximum Gasteiger partial charge on any atom is 0.118 e. The quantitative estimate of drug-likeness (QED) is 0.820. The Balaban J connectivity index is 2.59. The third-order valence-corrected chi connectivity index (χ3v) is 3.63. The van der Waals surface area contributed by atoms with Gasteiger partial charge in [0.25, 0.3) is 0 Å². The Hall–Kier alpha value is -1.06. The SMILES string of the molecule is COc1ccc(CCC(C)(CN)N(C)C)cc1. The van der Waals surface area contributed by atoms with Crippen molar-refractivity contribution in [2.45, 2.75) is 25.3 Å². The van der Waals surface area contributed by atoms with Gasteiger partial charge in [-0.3, -0.25) is 0 Å². The van der Waals surface area contributed by atoms with E-state index in [-0.39, 0.29) is 5.54 Å². The van der Waals surface area contributed by atoms with Crippen molar-refractivity contribution < 1.29 is 4.74 Å². The summed E-state index contributed by atoms with van der Waals surface area (Å²) in [5.74, 6) is 0.906. The van der Waals surface area contributed by atoms with Crippen LogP contribution < -0.4 is 10.5 Å². The van der Waals surface area contributed by atoms with E-state index in [0.717, 1.165) is 18.6 Å². The molecule has 1 rings (SSSR count). The number of benzene rings is 1. The third kappa shape index (κ3) is 3.72. The summed E-state index contributed by atoms with van der Waals surface area (Å²) in [5, 5.41) is 0. The fourth-order valence-corrected chi connectivity index (χ4v) is 1.71. The van der Waals surface area contributed by atoms with Crippen LogP contribution in [0.15, 0.2) is 24.3 Å². The number of methoxy groups -OCH3 is 1. The molecule has 1 atom stereocenters. The Bertz CT molecular complexity index is 335. The van der Waals surface area contributed by atoms with E-state index in [4.69, 9.17) is 10.5 Å². The van der Waals surface area contributed by atoms with E-state index in [1.807, 2.05) is 12.1 Å². The molecular formula is C14H24N2O. The lowest BCUT2D eigenvalue weighted by atomic mass is 9.92. The number of rotatable bonds is 6. The third-order valence-electron chi connectivity index (χ3n) is 3.63. The van der Waals surface area contributed by atoms with Crippen LogP contribution >= 0.6 is 0 Å². The molecule has 0 bridgehead atoms. The molecule has 0 saturated heterocycles. The molecular weight excluding hydrogens is 212 g/mol. The van der Waals surface area contributed by atoms with Gasteiger partial charge in [0.1, 0.15) is 5.75 Å². The van der Waals surface area contributed by atoms with Gasteiger partial charge in [0, 0.05) is 12.1 Å². The average Bonchev–Trinajstić information content (AvgIpc) is 2.36. The molecule has 0 fully saturated rings. The van der Waals surface area contributed by atoms with Gasteiger partial charge in [0.05, 0.1) is 7.11 Å². The molecule has 0 aromatic heterocycles. The molecule has 1 unspecified atom stereocenters. The molecule has 0 radical (unpaired) electrons. The Labute approximate surface area is 105 Å². The minimum atomic E-state index is 0.0694. The number of likely N-dealkylation sites (N-methyl/N-ethyl adjacent to an activating group) is 1. The number of nitrogens with zero attached hydrogens (tertiary/aromatic N) is 1. The zero-order chi connectivity index (χ0) is 12.9. The van der Waals surface area contributed by atoms with Crippen LogP contribution in [-0.4, -0.2) is 38.2 Å². The van der Waals surface area contributed by atoms with Crippen molar-refractivity contribution in [1.29, 1.82) is 0 Å². The summed E-state index contributed by atoms with van der Waals surface area (Å²) in [7, 11) is 5.86. The minimum Gasteiger partial charge on any atom is -0.497 e. The van der Waals surface area contributed by atoms with Crippen LogP contribution in [0.5, 0.6) is 5.75 Å². The standard InChI is InChI=1S/C14H24N2O/c1-14(11-15,16(2)3)10-9-12-5-7-13(17-4)8-6-12/h5-8H,9-11,15H2,1-4H3. The summed E-state index contributed by atoms with van der Waals surface area (Å²) in [6.07, 6.45) is 2.10. The summed E-state index contributed by atoms with van der Waals surface area (Å²) >= 11 is 0. The molecule has 1 aromatic rings. The van der Waals surface area contributed by atoms with Crippen LogP contribution in [0.2, 0.25) is 0 Å². The molecule has 0 amide bonds. The van der Waals surface area contributed by atoms with Gasteiger partial charge in [-0.25, -0.2) is 0 Å². The zero-order valence-corrected chi connectivity index (χ0v) is 11.4. The molecule has 17 heavy (non-hydrogen) atoms. The summed E-state index contributed by atoms with van der Waals surface area (Å²) in [4.78, 5) is 2.20. The molecule has 96 valence electrons. The molecule has 3 nitrogen and oxygen atoms in total. The average molecular weight is 236 g/mol. The maximum absolute atomic E-state index is 5.86. The number of hydrogen-bond acceptors (Lipinski definition) is 3. The zero-order valence-electron chi connectivity index (χ0n) is 11.4. The van der Waals surface area contributed by atoms with E-state index in [1.165, 1.54) is 5.56 Å². The fraction of sp³-hybridized carbons (Fsp3) is 0.571. The molecule has 3 heteroatoms. The normalized spacial score (nSPS) is 14.7. The van der Waals surface area contributed by atoms with Crippen molar-refractivity contribution in [3.05, 3.63) is 29.8 Å². The molecule has 1 aromatic carbocycles. The fourth-order valence-electron chi connectivity index (χ4n) is 1.71. The second kappa shape index (κ2) is 6.03. The van der Waals surface area contributed by atoms with Crippen LogP contribution in [0.3, 0.4) is 0 Å². The van der Waals surface area contributed by atoms with E-state index >= 15 is 0 Å². The largest absolute Gasteiger partial charge is 0.497 e. The van der Waals surface area contributed by atoms with Gasteiger partial charge in [-0.15, -0.1) is 0 Å². The lowest BCUT2D eigenvalue weighted by molar-refractivity contribution is 0.169. The Morgan fingerprint density at radius 1 is 1.24 bits per heavy atom. The predicted octanol–water partition coefficient (Wildman–Crippen LogP) is 1.91. The topological polar surface area (TPSA) is 38.5 Å². The first kappa shape index (κ1) is 14.0. The molecule has 0 heterocycles. The summed E-state index contributed by atoms with van der Waals surface area (Å²) in [6, 6.07) is 8.24. The molecule has 0 aliphatic heterocycles. The summed E-state index contributed by atoms with van der Waals surface area (Å²) in [6.45, 7) is 2.88. The van der Waals surface area contributed by atoms with Crippen molar-refractivity contribution in [2.24, 2.45) is 5.73 Å². The van der Waals surface area contributed by atoms with Crippen LogP contribution in [0.4, 0.5) is 0 Å². The number of hydrogen-bond donors (Lipinski definition) is 1. The van der Waals surface area contributed by atoms with Gasteiger partial charge < -0.3 is 15.4 Å². The highest BCUT2D eigenvalue weighted by Crippen LogP contribution is 2.19. The molecule has 0 aliphatic rings. The predicted molar refractivity (Wildman–Crippen MR) is 72.5 cm³/mol.